The van der Waals surface area contributed by atoms with Crippen molar-refractivity contribution in [2.45, 2.75) is 6.42 Å². The Morgan fingerprint density at radius 2 is 2.67 bits per heavy atom. The number of nitrogens with zero attached hydrogens (tertiary/aromatic N) is 2. The van der Waals surface area contributed by atoms with Crippen LogP contribution in [0.25, 0.3) is 0 Å². The fraction of sp³-hybridized carbons (Fsp3) is 0.143. The standard InChI is InChI=1S/C7H5N2/c8-4-3-7-2-1-5-9-6-7/h1-2,6H,3H2. The van der Waals surface area contributed by atoms with Crippen LogP contribution in [0.4, 0.5) is 0 Å². The lowest BCUT2D eigenvalue weighted by Gasteiger charge is -1.86. The second-order valence-electron chi connectivity index (χ2n) is 1.63. The van der Waals surface area contributed by atoms with E-state index in [1.54, 1.807) is 12.3 Å². The van der Waals surface area contributed by atoms with E-state index in [9.17, 15) is 0 Å². The van der Waals surface area contributed by atoms with Crippen molar-refractivity contribution in [3.05, 3.63) is 30.1 Å². The first-order chi connectivity index (χ1) is 4.43. The van der Waals surface area contributed by atoms with Crippen molar-refractivity contribution in [1.29, 1.82) is 5.26 Å². The van der Waals surface area contributed by atoms with E-state index in [1.165, 1.54) is 0 Å². The van der Waals surface area contributed by atoms with Crippen LogP contribution in [0, 0.1) is 17.5 Å². The van der Waals surface area contributed by atoms with Crippen molar-refractivity contribution in [3.63, 3.8) is 0 Å². The van der Waals surface area contributed by atoms with E-state index in [-0.39, 0.29) is 0 Å². The molecule has 0 bridgehead atoms. The van der Waals surface area contributed by atoms with Gasteiger partial charge in [-0.05, 0) is 11.6 Å². The summed E-state index contributed by atoms with van der Waals surface area (Å²) in [4.78, 5) is 3.73. The molecule has 0 aliphatic carbocycles. The lowest BCUT2D eigenvalue weighted by atomic mass is 10.2. The van der Waals surface area contributed by atoms with Gasteiger partial charge in [-0.2, -0.15) is 5.26 Å². The Morgan fingerprint density at radius 1 is 1.78 bits per heavy atom. The Labute approximate surface area is 53.8 Å². The molecule has 43 valence electrons. The van der Waals surface area contributed by atoms with E-state index in [4.69, 9.17) is 5.26 Å². The maximum absolute atomic E-state index is 8.23. The van der Waals surface area contributed by atoms with Crippen molar-refractivity contribution in [3.8, 4) is 6.07 Å². The highest BCUT2D eigenvalue weighted by atomic mass is 14.6. The Bertz CT molecular complexity index is 210. The van der Waals surface area contributed by atoms with Gasteiger partial charge in [0, 0.05) is 6.20 Å². The molecule has 0 spiro atoms. The van der Waals surface area contributed by atoms with Crippen LogP contribution in [0.2, 0.25) is 0 Å². The SMILES string of the molecule is N#CCc1cc[c]nc1. The smallest absolute Gasteiger partial charge is 0.0886 e. The van der Waals surface area contributed by atoms with Crippen LogP contribution in [0.15, 0.2) is 18.3 Å². The monoisotopic (exact) mass is 117 g/mol. The summed E-state index contributed by atoms with van der Waals surface area (Å²) in [6.45, 7) is 0. The van der Waals surface area contributed by atoms with Gasteiger partial charge in [0.1, 0.15) is 0 Å². The Hall–Kier alpha value is -1.36. The van der Waals surface area contributed by atoms with Crippen molar-refractivity contribution < 1.29 is 0 Å². The molecule has 0 saturated carbocycles. The van der Waals surface area contributed by atoms with Crippen molar-refractivity contribution >= 4 is 0 Å². The van der Waals surface area contributed by atoms with Crippen molar-refractivity contribution in [2.75, 3.05) is 0 Å². The number of rotatable bonds is 1. The molecular weight excluding hydrogens is 112 g/mol. The zero-order chi connectivity index (χ0) is 6.53. The molecule has 9 heavy (non-hydrogen) atoms. The molecule has 1 aromatic heterocycles. The molecule has 1 rings (SSSR count). The third-order valence-corrected chi connectivity index (χ3v) is 0.960. The Balaban J connectivity index is 2.76. The van der Waals surface area contributed by atoms with Crippen molar-refractivity contribution in [1.82, 2.24) is 4.98 Å². The van der Waals surface area contributed by atoms with Crippen LogP contribution < -0.4 is 0 Å². The zero-order valence-corrected chi connectivity index (χ0v) is 4.83. The minimum atomic E-state index is 0.432. The van der Waals surface area contributed by atoms with Gasteiger partial charge in [0.25, 0.3) is 0 Å². The minimum absolute atomic E-state index is 0.432. The molecule has 0 aromatic carbocycles. The summed E-state index contributed by atoms with van der Waals surface area (Å²) in [5, 5.41) is 8.23. The molecule has 1 aromatic rings. The van der Waals surface area contributed by atoms with Gasteiger partial charge < -0.3 is 0 Å². The molecular formula is C7H5N2. The molecule has 0 aliphatic heterocycles. The Morgan fingerprint density at radius 3 is 3.22 bits per heavy atom. The predicted molar refractivity (Wildman–Crippen MR) is 32.4 cm³/mol. The first-order valence-corrected chi connectivity index (χ1v) is 2.61. The summed E-state index contributed by atoms with van der Waals surface area (Å²) in [6.07, 6.45) is 4.71. The molecule has 1 radical (unpaired) electrons. The van der Waals surface area contributed by atoms with E-state index >= 15 is 0 Å². The molecule has 2 heteroatoms. The maximum atomic E-state index is 8.23. The molecule has 0 N–H and O–H groups in total. The topological polar surface area (TPSA) is 36.7 Å². The third kappa shape index (κ3) is 1.54. The van der Waals surface area contributed by atoms with E-state index < -0.39 is 0 Å². The second kappa shape index (κ2) is 2.83. The lowest BCUT2D eigenvalue weighted by Crippen LogP contribution is -1.80. The van der Waals surface area contributed by atoms with Crippen LogP contribution in [0.1, 0.15) is 5.56 Å². The van der Waals surface area contributed by atoms with Gasteiger partial charge in [-0.1, -0.05) is 6.07 Å². The van der Waals surface area contributed by atoms with Gasteiger partial charge in [-0.3, -0.25) is 4.98 Å². The number of aromatic nitrogens is 1. The van der Waals surface area contributed by atoms with Crippen LogP contribution in [-0.4, -0.2) is 4.98 Å². The van der Waals surface area contributed by atoms with Crippen LogP contribution >= 0.6 is 0 Å². The fourth-order valence-electron chi connectivity index (χ4n) is 0.546. The van der Waals surface area contributed by atoms with Gasteiger partial charge in [0.2, 0.25) is 0 Å². The number of nitriles is 1. The van der Waals surface area contributed by atoms with E-state index in [1.807, 2.05) is 12.1 Å². The summed E-state index contributed by atoms with van der Waals surface area (Å²) < 4.78 is 0. The van der Waals surface area contributed by atoms with Crippen LogP contribution in [-0.2, 0) is 6.42 Å². The molecule has 0 unspecified atom stereocenters. The zero-order valence-electron chi connectivity index (χ0n) is 4.83. The quantitative estimate of drug-likeness (QED) is 0.549. The molecule has 0 saturated heterocycles. The summed E-state index contributed by atoms with van der Waals surface area (Å²) in [7, 11) is 0. The minimum Gasteiger partial charge on any atom is -0.254 e. The first-order valence-electron chi connectivity index (χ1n) is 2.61. The Kier molecular flexibility index (Phi) is 1.81. The van der Waals surface area contributed by atoms with Crippen molar-refractivity contribution in [2.24, 2.45) is 0 Å². The second-order valence-corrected chi connectivity index (χ2v) is 1.63. The number of pyridine rings is 1. The fourth-order valence-corrected chi connectivity index (χ4v) is 0.546. The number of hydrogen-bond donors (Lipinski definition) is 0. The first kappa shape index (κ1) is 5.77. The van der Waals surface area contributed by atoms with Crippen LogP contribution in [0.3, 0.4) is 0 Å². The summed E-state index contributed by atoms with van der Waals surface area (Å²) in [6, 6.07) is 5.56. The molecule has 0 atom stereocenters. The average molecular weight is 117 g/mol. The number of hydrogen-bond acceptors (Lipinski definition) is 2. The maximum Gasteiger partial charge on any atom is 0.0886 e. The highest BCUT2D eigenvalue weighted by molar-refractivity contribution is 5.11. The van der Waals surface area contributed by atoms with Crippen LogP contribution in [0.5, 0.6) is 0 Å². The largest absolute Gasteiger partial charge is 0.254 e. The molecule has 1 heterocycles. The lowest BCUT2D eigenvalue weighted by molar-refractivity contribution is 1.18. The van der Waals surface area contributed by atoms with E-state index in [0.29, 0.717) is 6.42 Å². The van der Waals surface area contributed by atoms with Gasteiger partial charge >= 0.3 is 0 Å². The predicted octanol–water partition coefficient (Wildman–Crippen LogP) is 0.948. The molecule has 0 fully saturated rings. The van der Waals surface area contributed by atoms with E-state index in [2.05, 4.69) is 11.2 Å². The highest BCUT2D eigenvalue weighted by Gasteiger charge is 1.85. The highest BCUT2D eigenvalue weighted by Crippen LogP contribution is 1.93. The summed E-state index contributed by atoms with van der Waals surface area (Å²) in [5.74, 6) is 0. The average Bonchev–Trinajstić information content (AvgIpc) is 1.91. The molecule has 0 amide bonds. The van der Waals surface area contributed by atoms with Gasteiger partial charge in [0.05, 0.1) is 18.7 Å². The summed E-state index contributed by atoms with van der Waals surface area (Å²) in [5.41, 5.74) is 0.941. The summed E-state index contributed by atoms with van der Waals surface area (Å²) >= 11 is 0. The normalized spacial score (nSPS) is 8.33. The van der Waals surface area contributed by atoms with Gasteiger partial charge in [0.15, 0.2) is 0 Å². The van der Waals surface area contributed by atoms with Gasteiger partial charge in [-0.15, -0.1) is 0 Å². The van der Waals surface area contributed by atoms with E-state index in [0.717, 1.165) is 5.56 Å². The molecule has 0 aliphatic rings. The van der Waals surface area contributed by atoms with Gasteiger partial charge in [-0.25, -0.2) is 0 Å². The molecule has 2 nitrogen and oxygen atoms in total. The third-order valence-electron chi connectivity index (χ3n) is 0.960.